The van der Waals surface area contributed by atoms with Crippen LogP contribution in [0.25, 0.3) is 5.69 Å². The fraction of sp³-hybridized carbons (Fsp3) is 0.385. The highest BCUT2D eigenvalue weighted by Gasteiger charge is 2.16. The van der Waals surface area contributed by atoms with E-state index < -0.39 is 0 Å². The van der Waals surface area contributed by atoms with Crippen LogP contribution in [0.5, 0.6) is 5.75 Å². The van der Waals surface area contributed by atoms with Gasteiger partial charge in [-0.3, -0.25) is 4.79 Å². The molecule has 0 aliphatic rings. The van der Waals surface area contributed by atoms with Crippen LogP contribution in [-0.4, -0.2) is 34.8 Å². The van der Waals surface area contributed by atoms with E-state index in [1.165, 1.54) is 23.7 Å². The van der Waals surface area contributed by atoms with Gasteiger partial charge in [-0.2, -0.15) is 10.4 Å². The Balaban J connectivity index is 1.98. The fourth-order valence-corrected chi connectivity index (χ4v) is 3.78. The molecule has 0 aliphatic carbocycles. The average molecular weight is 489 g/mol. The minimum absolute atomic E-state index is 0.262. The summed E-state index contributed by atoms with van der Waals surface area (Å²) in [6, 6.07) is 10.8. The number of carbonyl (C=O) groups is 1. The van der Waals surface area contributed by atoms with E-state index >= 15 is 0 Å². The Labute approximate surface area is 211 Å². The summed E-state index contributed by atoms with van der Waals surface area (Å²) in [4.78, 5) is 15.4. The SMILES string of the molecule is CCCCC(CC)CNc1nc(NC)cc(C)c1N=Nc1c(C#N)cnn1-c1cccc(OC=O)c1. The zero-order chi connectivity index (χ0) is 25.9. The molecule has 3 rings (SSSR count). The molecule has 2 heterocycles. The zero-order valence-electron chi connectivity index (χ0n) is 21.2. The molecule has 0 amide bonds. The highest BCUT2D eigenvalue weighted by molar-refractivity contribution is 5.68. The lowest BCUT2D eigenvalue weighted by molar-refractivity contribution is -0.120. The van der Waals surface area contributed by atoms with Crippen molar-refractivity contribution in [3.05, 3.63) is 47.7 Å². The number of benzene rings is 1. The van der Waals surface area contributed by atoms with Gasteiger partial charge in [-0.15, -0.1) is 10.2 Å². The van der Waals surface area contributed by atoms with Crippen LogP contribution in [0.4, 0.5) is 23.1 Å². The summed E-state index contributed by atoms with van der Waals surface area (Å²) >= 11 is 0. The van der Waals surface area contributed by atoms with Crippen LogP contribution in [0, 0.1) is 24.2 Å². The van der Waals surface area contributed by atoms with Gasteiger partial charge in [0.15, 0.2) is 11.6 Å². The maximum absolute atomic E-state index is 10.7. The van der Waals surface area contributed by atoms with Crippen molar-refractivity contribution in [2.75, 3.05) is 24.2 Å². The summed E-state index contributed by atoms with van der Waals surface area (Å²) in [6.45, 7) is 7.48. The molecule has 0 aliphatic heterocycles. The van der Waals surface area contributed by atoms with Gasteiger partial charge >= 0.3 is 0 Å². The standard InChI is InChI=1S/C26H32N8O2/c1-5-7-9-19(6-2)15-29-25-24(18(3)12-23(28-4)31-25)32-33-26-20(14-27)16-30-34(26)21-10-8-11-22(13-21)36-17-35/h8,10-13,16-17,19H,5-7,9,15H2,1-4H3,(H2,28,29,31). The highest BCUT2D eigenvalue weighted by atomic mass is 16.5. The van der Waals surface area contributed by atoms with Crippen LogP contribution in [0.2, 0.25) is 0 Å². The van der Waals surface area contributed by atoms with Crippen LogP contribution >= 0.6 is 0 Å². The van der Waals surface area contributed by atoms with Crippen molar-refractivity contribution in [2.45, 2.75) is 46.5 Å². The number of carbonyl (C=O) groups excluding carboxylic acids is 1. The van der Waals surface area contributed by atoms with E-state index in [2.05, 4.69) is 50.9 Å². The maximum Gasteiger partial charge on any atom is 0.298 e. The molecule has 2 aromatic heterocycles. The van der Waals surface area contributed by atoms with Crippen LogP contribution in [0.3, 0.4) is 0 Å². The molecule has 10 nitrogen and oxygen atoms in total. The molecule has 0 radical (unpaired) electrons. The Bertz CT molecular complexity index is 1250. The van der Waals surface area contributed by atoms with E-state index in [-0.39, 0.29) is 11.4 Å². The number of pyridine rings is 1. The minimum atomic E-state index is 0.262. The van der Waals surface area contributed by atoms with Crippen molar-refractivity contribution in [1.82, 2.24) is 14.8 Å². The number of nitrogens with zero attached hydrogens (tertiary/aromatic N) is 6. The highest BCUT2D eigenvalue weighted by Crippen LogP contribution is 2.33. The van der Waals surface area contributed by atoms with Crippen LogP contribution < -0.4 is 15.4 Å². The van der Waals surface area contributed by atoms with E-state index in [9.17, 15) is 10.1 Å². The summed E-state index contributed by atoms with van der Waals surface area (Å²) in [5.74, 6) is 2.50. The maximum atomic E-state index is 10.7. The first kappa shape index (κ1) is 26.3. The Kier molecular flexibility index (Phi) is 9.51. The minimum Gasteiger partial charge on any atom is -0.429 e. The molecule has 0 saturated carbocycles. The molecule has 1 unspecified atom stereocenters. The van der Waals surface area contributed by atoms with Gasteiger partial charge in [0, 0.05) is 19.7 Å². The summed E-state index contributed by atoms with van der Waals surface area (Å²) in [5.41, 5.74) is 2.31. The smallest absolute Gasteiger partial charge is 0.298 e. The number of hydrogen-bond acceptors (Lipinski definition) is 9. The number of anilines is 2. The van der Waals surface area contributed by atoms with Gasteiger partial charge in [0.25, 0.3) is 6.47 Å². The molecule has 188 valence electrons. The van der Waals surface area contributed by atoms with E-state index in [0.717, 1.165) is 30.8 Å². The predicted octanol–water partition coefficient (Wildman–Crippen LogP) is 6.07. The Morgan fingerprint density at radius 2 is 2.11 bits per heavy atom. The van der Waals surface area contributed by atoms with Gasteiger partial charge in [-0.1, -0.05) is 39.2 Å². The number of nitrogens with one attached hydrogen (secondary N) is 2. The molecular weight excluding hydrogens is 456 g/mol. The Hall–Kier alpha value is -4.26. The first-order chi connectivity index (χ1) is 17.5. The largest absolute Gasteiger partial charge is 0.429 e. The molecular formula is C26H32N8O2. The van der Waals surface area contributed by atoms with Gasteiger partial charge in [-0.25, -0.2) is 9.67 Å². The quantitative estimate of drug-likeness (QED) is 0.221. The van der Waals surface area contributed by atoms with E-state index in [1.807, 2.05) is 20.0 Å². The monoisotopic (exact) mass is 488 g/mol. The third-order valence-electron chi connectivity index (χ3n) is 5.90. The third kappa shape index (κ3) is 6.44. The summed E-state index contributed by atoms with van der Waals surface area (Å²) < 4.78 is 6.42. The van der Waals surface area contributed by atoms with Crippen molar-refractivity contribution in [1.29, 1.82) is 5.26 Å². The van der Waals surface area contributed by atoms with Gasteiger partial charge in [-0.05, 0) is 43.0 Å². The normalized spacial score (nSPS) is 11.8. The van der Waals surface area contributed by atoms with Gasteiger partial charge in [0.2, 0.25) is 0 Å². The number of azo groups is 1. The third-order valence-corrected chi connectivity index (χ3v) is 5.90. The van der Waals surface area contributed by atoms with Gasteiger partial charge < -0.3 is 15.4 Å². The van der Waals surface area contributed by atoms with Gasteiger partial charge in [0.05, 0.1) is 11.9 Å². The van der Waals surface area contributed by atoms with E-state index in [4.69, 9.17) is 4.74 Å². The molecule has 0 spiro atoms. The fourth-order valence-electron chi connectivity index (χ4n) is 3.78. The Morgan fingerprint density at radius 1 is 1.28 bits per heavy atom. The predicted molar refractivity (Wildman–Crippen MR) is 139 cm³/mol. The molecule has 0 bridgehead atoms. The van der Waals surface area contributed by atoms with Crippen molar-refractivity contribution in [3.8, 4) is 17.5 Å². The number of unbranched alkanes of at least 4 members (excludes halogenated alkanes) is 1. The molecule has 3 aromatic rings. The zero-order valence-corrected chi connectivity index (χ0v) is 21.2. The second-order valence-electron chi connectivity index (χ2n) is 8.39. The lowest BCUT2D eigenvalue weighted by Crippen LogP contribution is -2.15. The number of hydrogen-bond donors (Lipinski definition) is 2. The number of aromatic nitrogens is 3. The molecule has 1 aromatic carbocycles. The van der Waals surface area contributed by atoms with Crippen molar-refractivity contribution in [2.24, 2.45) is 16.1 Å². The van der Waals surface area contributed by atoms with E-state index in [0.29, 0.717) is 35.3 Å². The molecule has 10 heteroatoms. The Morgan fingerprint density at radius 3 is 2.81 bits per heavy atom. The summed E-state index contributed by atoms with van der Waals surface area (Å²) in [6.07, 6.45) is 6.01. The molecule has 2 N–H and O–H groups in total. The second-order valence-corrected chi connectivity index (χ2v) is 8.39. The number of nitriles is 1. The lowest BCUT2D eigenvalue weighted by atomic mass is 9.99. The van der Waals surface area contributed by atoms with Gasteiger partial charge in [0.1, 0.15) is 28.9 Å². The first-order valence-corrected chi connectivity index (χ1v) is 12.1. The van der Waals surface area contributed by atoms with Crippen molar-refractivity contribution in [3.63, 3.8) is 0 Å². The topological polar surface area (TPSA) is 130 Å². The molecule has 36 heavy (non-hydrogen) atoms. The number of aryl methyl sites for hydroxylation is 1. The summed E-state index contributed by atoms with van der Waals surface area (Å²) in [7, 11) is 1.82. The van der Waals surface area contributed by atoms with Crippen LogP contribution in [-0.2, 0) is 4.79 Å². The lowest BCUT2D eigenvalue weighted by Gasteiger charge is -2.17. The van der Waals surface area contributed by atoms with Crippen molar-refractivity contribution < 1.29 is 9.53 Å². The molecule has 0 saturated heterocycles. The number of rotatable bonds is 13. The number of ether oxygens (including phenoxy) is 1. The van der Waals surface area contributed by atoms with E-state index in [1.54, 1.807) is 24.3 Å². The first-order valence-electron chi connectivity index (χ1n) is 12.1. The van der Waals surface area contributed by atoms with Crippen LogP contribution in [0.1, 0.15) is 50.7 Å². The van der Waals surface area contributed by atoms with Crippen LogP contribution in [0.15, 0.2) is 46.8 Å². The average Bonchev–Trinajstić information content (AvgIpc) is 3.31. The molecule has 1 atom stereocenters. The molecule has 0 fully saturated rings. The van der Waals surface area contributed by atoms with Crippen molar-refractivity contribution >= 4 is 29.6 Å². The second kappa shape index (κ2) is 13.0. The summed E-state index contributed by atoms with van der Waals surface area (Å²) in [5, 5.41) is 29.4.